The molecule has 2 aromatic rings. The highest BCUT2D eigenvalue weighted by Gasteiger charge is 2.42. The van der Waals surface area contributed by atoms with Crippen molar-refractivity contribution in [3.05, 3.63) is 46.0 Å². The number of amides is 1. The van der Waals surface area contributed by atoms with Crippen LogP contribution in [0.1, 0.15) is 29.3 Å². The molecule has 1 N–H and O–H groups in total. The van der Waals surface area contributed by atoms with E-state index in [0.29, 0.717) is 18.6 Å². The number of rotatable bonds is 2. The van der Waals surface area contributed by atoms with E-state index in [1.54, 1.807) is 25.3 Å². The van der Waals surface area contributed by atoms with Gasteiger partial charge in [0.05, 0.1) is 5.41 Å². The first kappa shape index (κ1) is 15.2. The number of carbonyl (C=O) groups excluding carboxylic acids is 1. The lowest BCUT2D eigenvalue weighted by molar-refractivity contribution is -0.147. The molecule has 1 amide bonds. The van der Waals surface area contributed by atoms with Crippen LogP contribution in [0.3, 0.4) is 0 Å². The molecule has 1 unspecified atom stereocenters. The topological polar surface area (TPSA) is 92.0 Å². The highest BCUT2D eigenvalue weighted by molar-refractivity contribution is 5.94. The number of carboxylic acid groups (broad SMARTS) is 1. The molecule has 7 nitrogen and oxygen atoms in total. The van der Waals surface area contributed by atoms with Crippen LogP contribution in [-0.4, -0.2) is 44.4 Å². The predicted molar refractivity (Wildman–Crippen MR) is 82.5 cm³/mol. The van der Waals surface area contributed by atoms with Crippen LogP contribution >= 0.6 is 0 Å². The standard InChI is InChI=1S/C16H17N3O4/c1-10-3-5-19-12(7-10)17-8-11(14(19)21)13(20)18-6-4-16(2,9-18)15(22)23/h3,5,7-8H,4,6,9H2,1-2H3,(H,22,23). The number of aryl methyl sites for hydroxylation is 1. The van der Waals surface area contributed by atoms with E-state index in [1.165, 1.54) is 15.5 Å². The maximum Gasteiger partial charge on any atom is 0.311 e. The largest absolute Gasteiger partial charge is 0.481 e. The summed E-state index contributed by atoms with van der Waals surface area (Å²) in [6.45, 7) is 3.91. The van der Waals surface area contributed by atoms with Crippen molar-refractivity contribution in [1.29, 1.82) is 0 Å². The number of carbonyl (C=O) groups is 2. The van der Waals surface area contributed by atoms with E-state index in [2.05, 4.69) is 4.98 Å². The first-order valence-electron chi connectivity index (χ1n) is 7.32. The van der Waals surface area contributed by atoms with Crippen molar-refractivity contribution in [3.8, 4) is 0 Å². The SMILES string of the molecule is Cc1ccn2c(=O)c(C(=O)N3CCC(C)(C(=O)O)C3)cnc2c1. The van der Waals surface area contributed by atoms with Crippen molar-refractivity contribution in [2.24, 2.45) is 5.41 Å². The maximum atomic E-state index is 12.6. The van der Waals surface area contributed by atoms with E-state index in [9.17, 15) is 19.5 Å². The van der Waals surface area contributed by atoms with Crippen molar-refractivity contribution in [2.75, 3.05) is 13.1 Å². The van der Waals surface area contributed by atoms with Crippen LogP contribution in [0.4, 0.5) is 0 Å². The third-order valence-electron chi connectivity index (χ3n) is 4.37. The van der Waals surface area contributed by atoms with Gasteiger partial charge < -0.3 is 10.0 Å². The Morgan fingerprint density at radius 1 is 1.39 bits per heavy atom. The second kappa shape index (κ2) is 5.19. The first-order valence-corrected chi connectivity index (χ1v) is 7.32. The Hall–Kier alpha value is -2.70. The van der Waals surface area contributed by atoms with Gasteiger partial charge >= 0.3 is 5.97 Å². The number of likely N-dealkylation sites (tertiary alicyclic amines) is 1. The summed E-state index contributed by atoms with van der Waals surface area (Å²) in [5.74, 6) is -1.40. The summed E-state index contributed by atoms with van der Waals surface area (Å²) in [5.41, 5.74) is -0.00577. The quantitative estimate of drug-likeness (QED) is 0.890. The summed E-state index contributed by atoms with van der Waals surface area (Å²) in [6.07, 6.45) is 3.23. The molecule has 0 bridgehead atoms. The fraction of sp³-hybridized carbons (Fsp3) is 0.375. The van der Waals surface area contributed by atoms with Gasteiger partial charge in [0.25, 0.3) is 11.5 Å². The minimum Gasteiger partial charge on any atom is -0.481 e. The van der Waals surface area contributed by atoms with Crippen molar-refractivity contribution >= 4 is 17.5 Å². The minimum atomic E-state index is -0.965. The number of pyridine rings is 1. The molecule has 2 aromatic heterocycles. The Balaban J connectivity index is 1.96. The second-order valence-electron chi connectivity index (χ2n) is 6.25. The molecule has 0 aliphatic carbocycles. The molecule has 0 saturated carbocycles. The lowest BCUT2D eigenvalue weighted by atomic mass is 9.90. The van der Waals surface area contributed by atoms with Crippen molar-refractivity contribution in [2.45, 2.75) is 20.3 Å². The van der Waals surface area contributed by atoms with Gasteiger partial charge in [-0.1, -0.05) is 0 Å². The number of aliphatic carboxylic acids is 1. The summed E-state index contributed by atoms with van der Waals surface area (Å²) in [4.78, 5) is 41.9. The zero-order chi connectivity index (χ0) is 16.8. The normalized spacial score (nSPS) is 20.9. The molecule has 3 heterocycles. The molecular weight excluding hydrogens is 298 g/mol. The molecular formula is C16H17N3O4. The van der Waals surface area contributed by atoms with E-state index in [1.807, 2.05) is 6.92 Å². The molecule has 1 saturated heterocycles. The fourth-order valence-corrected chi connectivity index (χ4v) is 2.80. The van der Waals surface area contributed by atoms with Crippen molar-refractivity contribution in [3.63, 3.8) is 0 Å². The average Bonchev–Trinajstić information content (AvgIpc) is 2.91. The van der Waals surface area contributed by atoms with Gasteiger partial charge in [-0.2, -0.15) is 0 Å². The van der Waals surface area contributed by atoms with Crippen LogP contribution in [0.5, 0.6) is 0 Å². The Kier molecular flexibility index (Phi) is 3.43. The Morgan fingerprint density at radius 2 is 2.13 bits per heavy atom. The zero-order valence-electron chi connectivity index (χ0n) is 12.9. The van der Waals surface area contributed by atoms with E-state index >= 15 is 0 Å². The fourth-order valence-electron chi connectivity index (χ4n) is 2.80. The average molecular weight is 315 g/mol. The van der Waals surface area contributed by atoms with Crippen LogP contribution in [0.15, 0.2) is 29.3 Å². The maximum absolute atomic E-state index is 12.6. The Bertz CT molecular complexity index is 873. The number of carboxylic acids is 1. The molecule has 120 valence electrons. The molecule has 7 heteroatoms. The van der Waals surface area contributed by atoms with E-state index in [4.69, 9.17) is 0 Å². The molecule has 1 aliphatic heterocycles. The van der Waals surface area contributed by atoms with Crippen LogP contribution < -0.4 is 5.56 Å². The molecule has 0 radical (unpaired) electrons. The van der Waals surface area contributed by atoms with Gasteiger partial charge in [0.15, 0.2) is 0 Å². The summed E-state index contributed by atoms with van der Waals surface area (Å²) in [7, 11) is 0. The smallest absolute Gasteiger partial charge is 0.311 e. The molecule has 1 atom stereocenters. The van der Waals surface area contributed by atoms with Gasteiger partial charge in [-0.05, 0) is 38.0 Å². The molecule has 1 fully saturated rings. The minimum absolute atomic E-state index is 0.0407. The summed E-state index contributed by atoms with van der Waals surface area (Å²) >= 11 is 0. The van der Waals surface area contributed by atoms with Crippen molar-refractivity contribution < 1.29 is 14.7 Å². The van der Waals surface area contributed by atoms with Crippen LogP contribution in [0, 0.1) is 12.3 Å². The van der Waals surface area contributed by atoms with Crippen molar-refractivity contribution in [1.82, 2.24) is 14.3 Å². The Labute approximate surface area is 132 Å². The zero-order valence-corrected chi connectivity index (χ0v) is 12.9. The predicted octanol–water partition coefficient (Wildman–Crippen LogP) is 0.940. The summed E-state index contributed by atoms with van der Waals surface area (Å²) in [5, 5.41) is 9.25. The summed E-state index contributed by atoms with van der Waals surface area (Å²) < 4.78 is 1.33. The highest BCUT2D eigenvalue weighted by Crippen LogP contribution is 2.30. The molecule has 1 aliphatic rings. The molecule has 0 spiro atoms. The molecule has 23 heavy (non-hydrogen) atoms. The van der Waals surface area contributed by atoms with E-state index in [-0.39, 0.29) is 12.1 Å². The lowest BCUT2D eigenvalue weighted by Gasteiger charge is -2.20. The van der Waals surface area contributed by atoms with Gasteiger partial charge in [-0.15, -0.1) is 0 Å². The number of hydrogen-bond acceptors (Lipinski definition) is 4. The van der Waals surface area contributed by atoms with Crippen LogP contribution in [-0.2, 0) is 4.79 Å². The number of aromatic nitrogens is 2. The summed E-state index contributed by atoms with van der Waals surface area (Å²) in [6, 6.07) is 3.52. The Morgan fingerprint density at radius 3 is 2.78 bits per heavy atom. The van der Waals surface area contributed by atoms with Crippen LogP contribution in [0.25, 0.3) is 5.65 Å². The first-order chi connectivity index (χ1) is 10.8. The highest BCUT2D eigenvalue weighted by atomic mass is 16.4. The third kappa shape index (κ3) is 2.48. The number of hydrogen-bond donors (Lipinski definition) is 1. The van der Waals surface area contributed by atoms with Gasteiger partial charge in [0.1, 0.15) is 11.2 Å². The molecule has 3 rings (SSSR count). The third-order valence-corrected chi connectivity index (χ3v) is 4.37. The molecule has 0 aromatic carbocycles. The van der Waals surface area contributed by atoms with Gasteiger partial charge in [0.2, 0.25) is 0 Å². The second-order valence-corrected chi connectivity index (χ2v) is 6.25. The van der Waals surface area contributed by atoms with E-state index < -0.39 is 22.9 Å². The van der Waals surface area contributed by atoms with E-state index in [0.717, 1.165) is 5.56 Å². The number of nitrogens with zero attached hydrogens (tertiary/aromatic N) is 3. The van der Waals surface area contributed by atoms with Gasteiger partial charge in [0, 0.05) is 25.5 Å². The van der Waals surface area contributed by atoms with Gasteiger partial charge in [-0.25, -0.2) is 4.98 Å². The van der Waals surface area contributed by atoms with Gasteiger partial charge in [-0.3, -0.25) is 18.8 Å². The number of fused-ring (bicyclic) bond motifs is 1. The van der Waals surface area contributed by atoms with Crippen LogP contribution in [0.2, 0.25) is 0 Å². The monoisotopic (exact) mass is 315 g/mol. The lowest BCUT2D eigenvalue weighted by Crippen LogP contribution is -2.37.